The average Bonchev–Trinajstić information content (AvgIpc) is 3.19. The standard InChI is InChI=1S/C26H20O3/c1-15-12-22-24(19-8-4-5-9-20(19)26(27)29-22)25-23(15)21(14-28-25)18-11-10-16-6-2-3-7-17(16)13-18/h2-3,6-7,10-14H,4-5,8-9H2,1H3. The van der Waals surface area contributed by atoms with Gasteiger partial charge in [-0.05, 0) is 72.2 Å². The molecule has 0 fully saturated rings. The normalized spacial score (nSPS) is 14.0. The van der Waals surface area contributed by atoms with Crippen LogP contribution in [0.2, 0.25) is 0 Å². The molecule has 0 saturated heterocycles. The molecule has 1 aliphatic rings. The molecule has 0 bridgehead atoms. The molecular weight excluding hydrogens is 360 g/mol. The van der Waals surface area contributed by atoms with Crippen LogP contribution in [-0.2, 0) is 12.8 Å². The van der Waals surface area contributed by atoms with E-state index < -0.39 is 0 Å². The van der Waals surface area contributed by atoms with Crippen LogP contribution in [0.25, 0.3) is 43.8 Å². The van der Waals surface area contributed by atoms with Gasteiger partial charge in [-0.1, -0.05) is 36.4 Å². The highest BCUT2D eigenvalue weighted by Gasteiger charge is 2.23. The molecule has 0 saturated carbocycles. The number of fused-ring (bicyclic) bond motifs is 6. The van der Waals surface area contributed by atoms with E-state index in [0.29, 0.717) is 5.58 Å². The molecule has 6 rings (SSSR count). The summed E-state index contributed by atoms with van der Waals surface area (Å²) < 4.78 is 11.9. The Bertz CT molecular complexity index is 1480. The van der Waals surface area contributed by atoms with Gasteiger partial charge in [0.15, 0.2) is 0 Å². The van der Waals surface area contributed by atoms with Crippen molar-refractivity contribution in [2.24, 2.45) is 0 Å². The molecule has 2 aromatic heterocycles. The zero-order chi connectivity index (χ0) is 19.5. The van der Waals surface area contributed by atoms with E-state index in [9.17, 15) is 4.79 Å². The van der Waals surface area contributed by atoms with Gasteiger partial charge in [0.25, 0.3) is 0 Å². The van der Waals surface area contributed by atoms with Crippen LogP contribution in [0, 0.1) is 6.92 Å². The van der Waals surface area contributed by atoms with Crippen LogP contribution in [0.5, 0.6) is 0 Å². The fourth-order valence-electron chi connectivity index (χ4n) is 4.89. The molecule has 0 spiro atoms. The largest absolute Gasteiger partial charge is 0.463 e. The maximum Gasteiger partial charge on any atom is 0.339 e. The maximum atomic E-state index is 12.5. The van der Waals surface area contributed by atoms with E-state index in [4.69, 9.17) is 8.83 Å². The van der Waals surface area contributed by atoms with Crippen molar-refractivity contribution in [1.82, 2.24) is 0 Å². The van der Waals surface area contributed by atoms with Gasteiger partial charge in [-0.25, -0.2) is 4.79 Å². The highest BCUT2D eigenvalue weighted by Crippen LogP contribution is 2.40. The Hall–Kier alpha value is -3.33. The monoisotopic (exact) mass is 380 g/mol. The van der Waals surface area contributed by atoms with Gasteiger partial charge in [-0.2, -0.15) is 0 Å². The molecule has 0 N–H and O–H groups in total. The Labute approximate surface area is 167 Å². The summed E-state index contributed by atoms with van der Waals surface area (Å²) in [4.78, 5) is 12.5. The van der Waals surface area contributed by atoms with Crippen molar-refractivity contribution in [2.45, 2.75) is 32.6 Å². The van der Waals surface area contributed by atoms with Crippen molar-refractivity contribution in [1.29, 1.82) is 0 Å². The summed E-state index contributed by atoms with van der Waals surface area (Å²) in [5.74, 6) is 0. The van der Waals surface area contributed by atoms with Gasteiger partial charge < -0.3 is 8.83 Å². The van der Waals surface area contributed by atoms with Gasteiger partial charge in [0.2, 0.25) is 0 Å². The Balaban J connectivity index is 1.69. The summed E-state index contributed by atoms with van der Waals surface area (Å²) in [7, 11) is 0. The third-order valence-electron chi connectivity index (χ3n) is 6.29. The lowest BCUT2D eigenvalue weighted by Gasteiger charge is -2.16. The number of hydrogen-bond acceptors (Lipinski definition) is 3. The Morgan fingerprint density at radius 1 is 0.862 bits per heavy atom. The summed E-state index contributed by atoms with van der Waals surface area (Å²) in [5.41, 5.74) is 6.52. The quantitative estimate of drug-likeness (QED) is 0.310. The lowest BCUT2D eigenvalue weighted by atomic mass is 9.89. The first kappa shape index (κ1) is 16.6. The van der Waals surface area contributed by atoms with Crippen LogP contribution in [0.4, 0.5) is 0 Å². The van der Waals surface area contributed by atoms with Crippen molar-refractivity contribution in [2.75, 3.05) is 0 Å². The van der Waals surface area contributed by atoms with Crippen LogP contribution in [0.15, 0.2) is 68.4 Å². The van der Waals surface area contributed by atoms with Crippen LogP contribution < -0.4 is 5.63 Å². The van der Waals surface area contributed by atoms with Crippen LogP contribution in [-0.4, -0.2) is 0 Å². The first-order valence-corrected chi connectivity index (χ1v) is 10.2. The van der Waals surface area contributed by atoms with Gasteiger partial charge >= 0.3 is 5.63 Å². The van der Waals surface area contributed by atoms with Crippen molar-refractivity contribution >= 4 is 32.7 Å². The zero-order valence-electron chi connectivity index (χ0n) is 16.2. The number of aryl methyl sites for hydroxylation is 2. The van der Waals surface area contributed by atoms with E-state index in [-0.39, 0.29) is 5.63 Å². The van der Waals surface area contributed by atoms with Crippen molar-refractivity contribution < 1.29 is 8.83 Å². The molecule has 0 unspecified atom stereocenters. The van der Waals surface area contributed by atoms with E-state index in [0.717, 1.165) is 69.9 Å². The molecule has 0 atom stereocenters. The Morgan fingerprint density at radius 2 is 1.66 bits per heavy atom. The van der Waals surface area contributed by atoms with E-state index in [1.165, 1.54) is 10.8 Å². The molecule has 3 nitrogen and oxygen atoms in total. The summed E-state index contributed by atoms with van der Waals surface area (Å²) in [6, 6.07) is 16.9. The van der Waals surface area contributed by atoms with Crippen molar-refractivity contribution in [3.63, 3.8) is 0 Å². The molecule has 0 radical (unpaired) electrons. The number of hydrogen-bond donors (Lipinski definition) is 0. The fourth-order valence-corrected chi connectivity index (χ4v) is 4.89. The summed E-state index contributed by atoms with van der Waals surface area (Å²) >= 11 is 0. The molecule has 1 aliphatic carbocycles. The number of rotatable bonds is 1. The predicted octanol–water partition coefficient (Wildman–Crippen LogP) is 6.55. The third-order valence-corrected chi connectivity index (χ3v) is 6.29. The van der Waals surface area contributed by atoms with Gasteiger partial charge in [0.05, 0.1) is 11.6 Å². The number of furan rings is 1. The smallest absolute Gasteiger partial charge is 0.339 e. The molecule has 5 aromatic rings. The lowest BCUT2D eigenvalue weighted by Crippen LogP contribution is -2.15. The van der Waals surface area contributed by atoms with Gasteiger partial charge in [-0.15, -0.1) is 0 Å². The molecular formula is C26H20O3. The Morgan fingerprint density at radius 3 is 2.52 bits per heavy atom. The van der Waals surface area contributed by atoms with Crippen molar-refractivity contribution in [3.8, 4) is 11.1 Å². The molecule has 29 heavy (non-hydrogen) atoms. The van der Waals surface area contributed by atoms with Gasteiger partial charge in [0.1, 0.15) is 11.2 Å². The molecule has 0 amide bonds. The van der Waals surface area contributed by atoms with Crippen LogP contribution in [0.3, 0.4) is 0 Å². The van der Waals surface area contributed by atoms with Crippen LogP contribution in [0.1, 0.15) is 29.5 Å². The SMILES string of the molecule is Cc1cc2oc(=O)c3c(c2c2occ(-c4ccc5ccccc5c4)c12)CCCC3. The highest BCUT2D eigenvalue weighted by molar-refractivity contribution is 6.11. The predicted molar refractivity (Wildman–Crippen MR) is 117 cm³/mol. The minimum absolute atomic E-state index is 0.188. The molecule has 3 heteroatoms. The first-order chi connectivity index (χ1) is 14.2. The minimum atomic E-state index is -0.188. The van der Waals surface area contributed by atoms with E-state index in [2.05, 4.69) is 49.4 Å². The van der Waals surface area contributed by atoms with Crippen LogP contribution >= 0.6 is 0 Å². The second-order valence-corrected chi connectivity index (χ2v) is 8.04. The zero-order valence-corrected chi connectivity index (χ0v) is 16.2. The van der Waals surface area contributed by atoms with Crippen molar-refractivity contribution in [3.05, 3.63) is 81.9 Å². The molecule has 3 aromatic carbocycles. The van der Waals surface area contributed by atoms with Gasteiger partial charge in [-0.3, -0.25) is 0 Å². The second-order valence-electron chi connectivity index (χ2n) is 8.04. The van der Waals surface area contributed by atoms with E-state index in [1.807, 2.05) is 12.3 Å². The van der Waals surface area contributed by atoms with E-state index >= 15 is 0 Å². The lowest BCUT2D eigenvalue weighted by molar-refractivity contribution is 0.532. The summed E-state index contributed by atoms with van der Waals surface area (Å²) in [5, 5.41) is 4.52. The molecule has 2 heterocycles. The summed E-state index contributed by atoms with van der Waals surface area (Å²) in [6.45, 7) is 2.06. The number of benzene rings is 3. The Kier molecular flexibility index (Phi) is 3.48. The fraction of sp³-hybridized carbons (Fsp3) is 0.192. The third kappa shape index (κ3) is 2.40. The van der Waals surface area contributed by atoms with Gasteiger partial charge in [0, 0.05) is 16.5 Å². The highest BCUT2D eigenvalue weighted by atomic mass is 16.4. The van der Waals surface area contributed by atoms with E-state index in [1.54, 1.807) is 0 Å². The second kappa shape index (κ2) is 6.08. The maximum absolute atomic E-state index is 12.5. The minimum Gasteiger partial charge on any atom is -0.463 e. The molecule has 142 valence electrons. The average molecular weight is 380 g/mol. The summed E-state index contributed by atoms with van der Waals surface area (Å²) in [6.07, 6.45) is 5.68. The first-order valence-electron chi connectivity index (χ1n) is 10.2. The molecule has 0 aliphatic heterocycles. The topological polar surface area (TPSA) is 43.4 Å².